The maximum absolute atomic E-state index is 12.9. The van der Waals surface area contributed by atoms with Crippen LogP contribution in [0.2, 0.25) is 0 Å². The summed E-state index contributed by atoms with van der Waals surface area (Å²) >= 11 is 0. The van der Waals surface area contributed by atoms with E-state index in [0.717, 1.165) is 128 Å². The topological polar surface area (TPSA) is 78.9 Å². The Kier molecular flexibility index (Phi) is 55.3. The molecule has 1 unspecified atom stereocenters. The third-order valence-corrected chi connectivity index (χ3v) is 12.6. The molecule has 1 atom stereocenters. The van der Waals surface area contributed by atoms with E-state index in [0.29, 0.717) is 19.3 Å². The molecule has 0 amide bonds. The molecule has 0 heterocycles. The quantitative estimate of drug-likeness (QED) is 0.0261. The summed E-state index contributed by atoms with van der Waals surface area (Å²) in [6.07, 6.45) is 75.7. The van der Waals surface area contributed by atoms with Crippen LogP contribution in [0.3, 0.4) is 0 Å². The Bertz CT molecular complexity index is 1350. The van der Waals surface area contributed by atoms with E-state index in [1.54, 1.807) is 0 Å². The fraction of sp³-hybridized carbons (Fsp3) is 0.734. The van der Waals surface area contributed by atoms with Crippen molar-refractivity contribution in [3.63, 3.8) is 0 Å². The Morgan fingerprint density at radius 1 is 0.300 bits per heavy atom. The minimum atomic E-state index is -0.789. The zero-order valence-electron chi connectivity index (χ0n) is 46.0. The van der Waals surface area contributed by atoms with Crippen LogP contribution >= 0.6 is 0 Å². The second-order valence-electron chi connectivity index (χ2n) is 19.5. The summed E-state index contributed by atoms with van der Waals surface area (Å²) in [5.41, 5.74) is 0. The fourth-order valence-electron chi connectivity index (χ4n) is 8.17. The molecular weight excluding hydrogens is 865 g/mol. The molecule has 0 aromatic heterocycles. The van der Waals surface area contributed by atoms with Crippen molar-refractivity contribution in [1.29, 1.82) is 0 Å². The molecule has 0 rings (SSSR count). The lowest BCUT2D eigenvalue weighted by atomic mass is 10.1. The van der Waals surface area contributed by atoms with Crippen LogP contribution in [0.25, 0.3) is 0 Å². The van der Waals surface area contributed by atoms with Crippen molar-refractivity contribution in [1.82, 2.24) is 0 Å². The molecule has 0 aromatic carbocycles. The number of ether oxygens (including phenoxy) is 3. The van der Waals surface area contributed by atoms with Gasteiger partial charge in [0.1, 0.15) is 13.2 Å². The second kappa shape index (κ2) is 58.2. The molecule has 0 aliphatic rings. The van der Waals surface area contributed by atoms with E-state index in [4.69, 9.17) is 14.2 Å². The normalized spacial score (nSPS) is 12.7. The van der Waals surface area contributed by atoms with Crippen LogP contribution < -0.4 is 0 Å². The van der Waals surface area contributed by atoms with Gasteiger partial charge in [0.15, 0.2) is 6.10 Å². The predicted molar refractivity (Wildman–Crippen MR) is 302 cm³/mol. The zero-order chi connectivity index (χ0) is 50.7. The molecule has 402 valence electrons. The highest BCUT2D eigenvalue weighted by Crippen LogP contribution is 2.15. The third kappa shape index (κ3) is 55.5. The average Bonchev–Trinajstić information content (AvgIpc) is 3.36. The first-order valence-electron chi connectivity index (χ1n) is 29.6. The van der Waals surface area contributed by atoms with Crippen LogP contribution in [0.1, 0.15) is 284 Å². The SMILES string of the molecule is CC/C=C\C/C=C\C/C=C\C/C=C\CCCCCCCCCCCCC(=O)OCC(COC(=O)CCCCCCC/C=C\C/C=C\CCC)OC(=O)CCCCCCC/C=C\CCCCCCCCC. The molecule has 6 nitrogen and oxygen atoms in total. The van der Waals surface area contributed by atoms with Gasteiger partial charge in [0.25, 0.3) is 0 Å². The van der Waals surface area contributed by atoms with Crippen LogP contribution in [-0.4, -0.2) is 37.2 Å². The van der Waals surface area contributed by atoms with E-state index in [-0.39, 0.29) is 31.1 Å². The van der Waals surface area contributed by atoms with Crippen LogP contribution in [0.15, 0.2) is 85.1 Å². The molecule has 0 fully saturated rings. The third-order valence-electron chi connectivity index (χ3n) is 12.6. The second-order valence-corrected chi connectivity index (χ2v) is 19.5. The summed E-state index contributed by atoms with van der Waals surface area (Å²) in [6.45, 7) is 6.45. The maximum atomic E-state index is 12.9. The molecule has 6 heteroatoms. The van der Waals surface area contributed by atoms with Crippen LogP contribution in [-0.2, 0) is 28.6 Å². The predicted octanol–water partition coefficient (Wildman–Crippen LogP) is 19.9. The molecule has 0 aromatic rings. The highest BCUT2D eigenvalue weighted by Gasteiger charge is 2.19. The average molecular weight is 976 g/mol. The van der Waals surface area contributed by atoms with Gasteiger partial charge in [0.2, 0.25) is 0 Å². The molecule has 0 aliphatic heterocycles. The van der Waals surface area contributed by atoms with Crippen molar-refractivity contribution in [3.8, 4) is 0 Å². The van der Waals surface area contributed by atoms with E-state index < -0.39 is 6.10 Å². The van der Waals surface area contributed by atoms with Gasteiger partial charge in [0.05, 0.1) is 0 Å². The lowest BCUT2D eigenvalue weighted by Gasteiger charge is -2.18. The zero-order valence-corrected chi connectivity index (χ0v) is 46.0. The summed E-state index contributed by atoms with van der Waals surface area (Å²) in [5, 5.41) is 0. The number of carbonyl (C=O) groups is 3. The highest BCUT2D eigenvalue weighted by molar-refractivity contribution is 5.71. The first-order valence-corrected chi connectivity index (χ1v) is 29.6. The van der Waals surface area contributed by atoms with Crippen molar-refractivity contribution >= 4 is 17.9 Å². The number of hydrogen-bond acceptors (Lipinski definition) is 6. The van der Waals surface area contributed by atoms with E-state index in [1.807, 2.05) is 0 Å². The van der Waals surface area contributed by atoms with Crippen molar-refractivity contribution in [2.45, 2.75) is 290 Å². The summed E-state index contributed by atoms with van der Waals surface area (Å²) in [4.78, 5) is 38.2. The standard InChI is InChI=1S/C64H110O6/c1-4-7-10-13-16-19-22-25-27-29-30-31-32-33-34-35-37-39-42-45-48-51-54-57-63(66)69-60-61(59-68-62(65)56-53-50-47-44-41-38-24-21-18-15-12-9-6-3)70-64(67)58-55-52-49-46-43-40-36-28-26-23-20-17-14-11-8-5-2/h7,10,12,15-16,19,21,24-25,27-28,30-31,36,61H,4-6,8-9,11,13-14,17-18,20,22-23,26,29,32-35,37-60H2,1-3H3/b10-7-,15-12-,19-16-,24-21-,27-25-,31-30-,36-28-. The van der Waals surface area contributed by atoms with E-state index >= 15 is 0 Å². The van der Waals surface area contributed by atoms with Crippen molar-refractivity contribution in [2.75, 3.05) is 13.2 Å². The van der Waals surface area contributed by atoms with Gasteiger partial charge in [-0.3, -0.25) is 14.4 Å². The largest absolute Gasteiger partial charge is 0.462 e. The minimum Gasteiger partial charge on any atom is -0.462 e. The minimum absolute atomic E-state index is 0.0861. The number of rotatable bonds is 53. The number of unbranched alkanes of at least 4 members (excludes halogenated alkanes) is 28. The lowest BCUT2D eigenvalue weighted by molar-refractivity contribution is -0.167. The van der Waals surface area contributed by atoms with Crippen molar-refractivity contribution in [2.24, 2.45) is 0 Å². The van der Waals surface area contributed by atoms with Gasteiger partial charge in [0, 0.05) is 19.3 Å². The van der Waals surface area contributed by atoms with Crippen molar-refractivity contribution < 1.29 is 28.6 Å². The molecule has 0 saturated heterocycles. The Hall–Kier alpha value is -3.41. The first-order chi connectivity index (χ1) is 34.5. The molecule has 0 radical (unpaired) electrons. The maximum Gasteiger partial charge on any atom is 0.306 e. The molecule has 0 spiro atoms. The Morgan fingerprint density at radius 2 is 0.586 bits per heavy atom. The smallest absolute Gasteiger partial charge is 0.306 e. The van der Waals surface area contributed by atoms with Gasteiger partial charge in [-0.1, -0.05) is 241 Å². The molecule has 0 bridgehead atoms. The number of esters is 3. The molecule has 0 saturated carbocycles. The van der Waals surface area contributed by atoms with E-state index in [1.165, 1.54) is 116 Å². The number of allylic oxidation sites excluding steroid dienone is 14. The Morgan fingerprint density at radius 3 is 0.943 bits per heavy atom. The van der Waals surface area contributed by atoms with Gasteiger partial charge in [-0.15, -0.1) is 0 Å². The summed E-state index contributed by atoms with van der Waals surface area (Å²) in [6, 6.07) is 0. The molecule has 70 heavy (non-hydrogen) atoms. The monoisotopic (exact) mass is 975 g/mol. The van der Waals surface area contributed by atoms with Crippen LogP contribution in [0, 0.1) is 0 Å². The Balaban J connectivity index is 4.35. The molecule has 0 aliphatic carbocycles. The van der Waals surface area contributed by atoms with Gasteiger partial charge in [-0.25, -0.2) is 0 Å². The van der Waals surface area contributed by atoms with Gasteiger partial charge in [-0.2, -0.15) is 0 Å². The van der Waals surface area contributed by atoms with E-state index in [2.05, 4.69) is 106 Å². The summed E-state index contributed by atoms with van der Waals surface area (Å²) in [5.74, 6) is -0.906. The molecular formula is C64H110O6. The summed E-state index contributed by atoms with van der Waals surface area (Å²) in [7, 11) is 0. The van der Waals surface area contributed by atoms with Crippen molar-refractivity contribution in [3.05, 3.63) is 85.1 Å². The van der Waals surface area contributed by atoms with Gasteiger partial charge in [-0.05, 0) is 109 Å². The fourth-order valence-corrected chi connectivity index (χ4v) is 8.17. The Labute approximate surface area is 433 Å². The van der Waals surface area contributed by atoms with Crippen LogP contribution in [0.5, 0.6) is 0 Å². The summed E-state index contributed by atoms with van der Waals surface area (Å²) < 4.78 is 16.9. The van der Waals surface area contributed by atoms with E-state index in [9.17, 15) is 14.4 Å². The lowest BCUT2D eigenvalue weighted by Crippen LogP contribution is -2.30. The highest BCUT2D eigenvalue weighted by atomic mass is 16.6. The van der Waals surface area contributed by atoms with Gasteiger partial charge >= 0.3 is 17.9 Å². The number of carbonyl (C=O) groups excluding carboxylic acids is 3. The van der Waals surface area contributed by atoms with Crippen LogP contribution in [0.4, 0.5) is 0 Å². The first kappa shape index (κ1) is 66.6. The number of hydrogen-bond donors (Lipinski definition) is 0. The molecule has 0 N–H and O–H groups in total. The van der Waals surface area contributed by atoms with Gasteiger partial charge < -0.3 is 14.2 Å².